The fraction of sp³-hybridized carbons (Fsp3) is 0.667. The predicted molar refractivity (Wildman–Crippen MR) is 85.0 cm³/mol. The van der Waals surface area contributed by atoms with Gasteiger partial charge in [0.25, 0.3) is 0 Å². The maximum Gasteiger partial charge on any atom is 0.0839 e. The fourth-order valence-electron chi connectivity index (χ4n) is 2.90. The van der Waals surface area contributed by atoms with Crippen LogP contribution in [0.2, 0.25) is 0 Å². The topological polar surface area (TPSA) is 21.3 Å². The first-order chi connectivity index (χ1) is 9.69. The van der Waals surface area contributed by atoms with Crippen LogP contribution >= 0.6 is 0 Å². The highest BCUT2D eigenvalue weighted by atomic mass is 16.5. The van der Waals surface area contributed by atoms with Gasteiger partial charge in [0.15, 0.2) is 0 Å². The molecule has 1 aromatic carbocycles. The average Bonchev–Trinajstić information content (AvgIpc) is 2.45. The highest BCUT2D eigenvalue weighted by molar-refractivity contribution is 5.25. The summed E-state index contributed by atoms with van der Waals surface area (Å²) in [6.07, 6.45) is 4.87. The zero-order valence-electron chi connectivity index (χ0n) is 13.2. The highest BCUT2D eigenvalue weighted by Crippen LogP contribution is 2.28. The summed E-state index contributed by atoms with van der Waals surface area (Å²) in [6, 6.07) is 9.66. The quantitative estimate of drug-likeness (QED) is 0.843. The number of hydrogen-bond acceptors (Lipinski definition) is 2. The van der Waals surface area contributed by atoms with Gasteiger partial charge >= 0.3 is 0 Å². The standard InChI is InChI=1S/C18H29NO/c1-4-10-19-17-9-11-20-18(13-17)16-7-5-15(6-8-16)12-14(2)3/h5-8,14,17-19H,4,9-13H2,1-3H3. The molecule has 0 aliphatic carbocycles. The third kappa shape index (κ3) is 4.60. The summed E-state index contributed by atoms with van der Waals surface area (Å²) in [6.45, 7) is 8.74. The monoisotopic (exact) mass is 275 g/mol. The van der Waals surface area contributed by atoms with Gasteiger partial charge in [0.2, 0.25) is 0 Å². The van der Waals surface area contributed by atoms with Crippen molar-refractivity contribution in [2.45, 2.75) is 58.6 Å². The molecule has 1 N–H and O–H groups in total. The first-order valence-corrected chi connectivity index (χ1v) is 8.13. The molecule has 1 aliphatic heterocycles. The summed E-state index contributed by atoms with van der Waals surface area (Å²) < 4.78 is 5.96. The summed E-state index contributed by atoms with van der Waals surface area (Å²) in [5.41, 5.74) is 2.76. The predicted octanol–water partition coefficient (Wildman–Crippen LogP) is 4.10. The SMILES string of the molecule is CCCNC1CCOC(c2ccc(CC(C)C)cc2)C1. The van der Waals surface area contributed by atoms with Gasteiger partial charge in [-0.1, -0.05) is 45.0 Å². The van der Waals surface area contributed by atoms with Gasteiger partial charge in [0.05, 0.1) is 6.10 Å². The Morgan fingerprint density at radius 2 is 2.00 bits per heavy atom. The molecule has 0 aromatic heterocycles. The first kappa shape index (κ1) is 15.5. The van der Waals surface area contributed by atoms with Gasteiger partial charge in [-0.3, -0.25) is 0 Å². The van der Waals surface area contributed by atoms with Crippen LogP contribution in [0, 0.1) is 5.92 Å². The van der Waals surface area contributed by atoms with E-state index in [1.54, 1.807) is 0 Å². The normalized spacial score (nSPS) is 23.2. The Morgan fingerprint density at radius 1 is 1.25 bits per heavy atom. The fourth-order valence-corrected chi connectivity index (χ4v) is 2.90. The lowest BCUT2D eigenvalue weighted by molar-refractivity contribution is 0.000349. The third-order valence-electron chi connectivity index (χ3n) is 3.96. The molecule has 1 fully saturated rings. The first-order valence-electron chi connectivity index (χ1n) is 8.13. The van der Waals surface area contributed by atoms with Gasteiger partial charge in [-0.05, 0) is 49.3 Å². The van der Waals surface area contributed by atoms with Crippen molar-refractivity contribution in [3.63, 3.8) is 0 Å². The van der Waals surface area contributed by atoms with Gasteiger partial charge < -0.3 is 10.1 Å². The Bertz CT molecular complexity index is 385. The van der Waals surface area contributed by atoms with Gasteiger partial charge in [0.1, 0.15) is 0 Å². The molecule has 1 aromatic rings. The van der Waals surface area contributed by atoms with Gasteiger partial charge in [-0.25, -0.2) is 0 Å². The third-order valence-corrected chi connectivity index (χ3v) is 3.96. The van der Waals surface area contributed by atoms with Crippen molar-refractivity contribution in [2.24, 2.45) is 5.92 Å². The molecular formula is C18H29NO. The van der Waals surface area contributed by atoms with Gasteiger partial charge in [0, 0.05) is 12.6 Å². The van der Waals surface area contributed by atoms with Crippen molar-refractivity contribution in [2.75, 3.05) is 13.2 Å². The molecule has 20 heavy (non-hydrogen) atoms. The second-order valence-corrected chi connectivity index (χ2v) is 6.37. The summed E-state index contributed by atoms with van der Waals surface area (Å²) >= 11 is 0. The van der Waals surface area contributed by atoms with Crippen LogP contribution in [0.25, 0.3) is 0 Å². The van der Waals surface area contributed by atoms with Crippen LogP contribution in [0.3, 0.4) is 0 Å². The molecule has 2 rings (SSSR count). The van der Waals surface area contributed by atoms with E-state index in [0.717, 1.165) is 38.3 Å². The van der Waals surface area contributed by atoms with Crippen LogP contribution in [0.4, 0.5) is 0 Å². The average molecular weight is 275 g/mol. The van der Waals surface area contributed by atoms with E-state index in [2.05, 4.69) is 50.4 Å². The largest absolute Gasteiger partial charge is 0.373 e. The van der Waals surface area contributed by atoms with Crippen molar-refractivity contribution in [3.8, 4) is 0 Å². The highest BCUT2D eigenvalue weighted by Gasteiger charge is 2.23. The molecule has 2 atom stereocenters. The molecule has 2 heteroatoms. The molecule has 0 saturated carbocycles. The van der Waals surface area contributed by atoms with Crippen molar-refractivity contribution < 1.29 is 4.74 Å². The molecular weight excluding hydrogens is 246 g/mol. The van der Waals surface area contributed by atoms with Crippen LogP contribution in [0.5, 0.6) is 0 Å². The number of nitrogens with one attached hydrogen (secondary N) is 1. The zero-order chi connectivity index (χ0) is 14.4. The van der Waals surface area contributed by atoms with Crippen LogP contribution in [-0.4, -0.2) is 19.2 Å². The maximum atomic E-state index is 5.96. The summed E-state index contributed by atoms with van der Waals surface area (Å²) in [5.74, 6) is 0.717. The Labute approximate surface area is 123 Å². The molecule has 0 amide bonds. The number of rotatable bonds is 6. The van der Waals surface area contributed by atoms with Crippen LogP contribution < -0.4 is 5.32 Å². The smallest absolute Gasteiger partial charge is 0.0839 e. The van der Waals surface area contributed by atoms with E-state index in [1.807, 2.05) is 0 Å². The number of hydrogen-bond donors (Lipinski definition) is 1. The van der Waals surface area contributed by atoms with E-state index in [9.17, 15) is 0 Å². The minimum Gasteiger partial charge on any atom is -0.373 e. The van der Waals surface area contributed by atoms with Crippen LogP contribution in [-0.2, 0) is 11.2 Å². The number of benzene rings is 1. The maximum absolute atomic E-state index is 5.96. The zero-order valence-corrected chi connectivity index (χ0v) is 13.2. The lowest BCUT2D eigenvalue weighted by atomic mass is 9.95. The Kier molecular flexibility index (Phi) is 6.06. The minimum atomic E-state index is 0.270. The Morgan fingerprint density at radius 3 is 2.65 bits per heavy atom. The molecule has 2 unspecified atom stereocenters. The van der Waals surface area contributed by atoms with Crippen molar-refractivity contribution in [3.05, 3.63) is 35.4 Å². The molecule has 0 radical (unpaired) electrons. The Balaban J connectivity index is 1.93. The molecule has 0 spiro atoms. The molecule has 112 valence electrons. The van der Waals surface area contributed by atoms with E-state index in [-0.39, 0.29) is 6.10 Å². The molecule has 1 saturated heterocycles. The molecule has 1 aliphatic rings. The summed E-state index contributed by atoms with van der Waals surface area (Å²) in [4.78, 5) is 0. The van der Waals surface area contributed by atoms with E-state index >= 15 is 0 Å². The van der Waals surface area contributed by atoms with E-state index < -0.39 is 0 Å². The van der Waals surface area contributed by atoms with Crippen molar-refractivity contribution >= 4 is 0 Å². The second-order valence-electron chi connectivity index (χ2n) is 6.37. The van der Waals surface area contributed by atoms with Crippen molar-refractivity contribution in [1.29, 1.82) is 0 Å². The van der Waals surface area contributed by atoms with E-state index in [4.69, 9.17) is 4.74 Å². The number of ether oxygens (including phenoxy) is 1. The minimum absolute atomic E-state index is 0.270. The summed E-state index contributed by atoms with van der Waals surface area (Å²) in [7, 11) is 0. The van der Waals surface area contributed by atoms with Crippen LogP contribution in [0.1, 0.15) is 57.3 Å². The van der Waals surface area contributed by atoms with Crippen LogP contribution in [0.15, 0.2) is 24.3 Å². The Hall–Kier alpha value is -0.860. The summed E-state index contributed by atoms with van der Waals surface area (Å²) in [5, 5.41) is 3.63. The molecule has 1 heterocycles. The molecule has 0 bridgehead atoms. The van der Waals surface area contributed by atoms with Gasteiger partial charge in [-0.2, -0.15) is 0 Å². The lowest BCUT2D eigenvalue weighted by Gasteiger charge is -2.30. The van der Waals surface area contributed by atoms with Crippen molar-refractivity contribution in [1.82, 2.24) is 5.32 Å². The van der Waals surface area contributed by atoms with E-state index in [0.29, 0.717) is 6.04 Å². The van der Waals surface area contributed by atoms with E-state index in [1.165, 1.54) is 17.5 Å². The second kappa shape index (κ2) is 7.80. The molecule has 2 nitrogen and oxygen atoms in total. The lowest BCUT2D eigenvalue weighted by Crippen LogP contribution is -2.36. The van der Waals surface area contributed by atoms with Gasteiger partial charge in [-0.15, -0.1) is 0 Å².